The molecule has 4 aromatic rings. The van der Waals surface area contributed by atoms with Crippen LogP contribution < -0.4 is 15.5 Å². The lowest BCUT2D eigenvalue weighted by molar-refractivity contribution is 0.102. The quantitative estimate of drug-likeness (QED) is 0.483. The smallest absolute Gasteiger partial charge is 0.259 e. The Morgan fingerprint density at radius 3 is 2.79 bits per heavy atom. The van der Waals surface area contributed by atoms with Crippen LogP contribution >= 0.6 is 11.3 Å². The molecule has 1 aliphatic heterocycles. The average Bonchev–Trinajstić information content (AvgIpc) is 3.44. The summed E-state index contributed by atoms with van der Waals surface area (Å²) in [4.78, 5) is 31.6. The van der Waals surface area contributed by atoms with Crippen molar-refractivity contribution in [2.45, 2.75) is 0 Å². The number of piperazine rings is 1. The molecule has 9 heteroatoms. The normalized spacial score (nSPS) is 14.3. The Kier molecular flexibility index (Phi) is 4.66. The molecule has 0 aliphatic carbocycles. The molecule has 1 amide bonds. The SMILES string of the molecule is O=C(Nc1nccs1)c1cccc2[nH]c(-c3ccc(N4CCNCC4)nc3)nc12. The molecule has 1 aromatic carbocycles. The number of carbonyl (C=O) groups excluding carboxylic acids is 1. The van der Waals surface area contributed by atoms with Crippen molar-refractivity contribution >= 4 is 39.2 Å². The van der Waals surface area contributed by atoms with Crippen LogP contribution in [-0.2, 0) is 0 Å². The number of hydrogen-bond donors (Lipinski definition) is 3. The Hall–Kier alpha value is -3.30. The first-order valence-corrected chi connectivity index (χ1v) is 10.3. The maximum absolute atomic E-state index is 12.7. The number of H-pyrrole nitrogens is 1. The number of imidazole rings is 1. The third-order valence-electron chi connectivity index (χ3n) is 4.87. The minimum Gasteiger partial charge on any atom is -0.354 e. The van der Waals surface area contributed by atoms with Crippen molar-refractivity contribution in [1.82, 2.24) is 25.3 Å². The number of benzene rings is 1. The van der Waals surface area contributed by atoms with E-state index in [1.54, 1.807) is 12.3 Å². The first kappa shape index (κ1) is 17.8. The van der Waals surface area contributed by atoms with Crippen LogP contribution in [0.2, 0.25) is 0 Å². The summed E-state index contributed by atoms with van der Waals surface area (Å²) in [5.74, 6) is 1.43. The second-order valence-corrected chi connectivity index (χ2v) is 7.62. The van der Waals surface area contributed by atoms with E-state index in [9.17, 15) is 4.79 Å². The second kappa shape index (κ2) is 7.61. The van der Waals surface area contributed by atoms with E-state index in [1.165, 1.54) is 11.3 Å². The topological polar surface area (TPSA) is 98.8 Å². The van der Waals surface area contributed by atoms with Gasteiger partial charge in [0.15, 0.2) is 5.13 Å². The van der Waals surface area contributed by atoms with Crippen molar-refractivity contribution in [3.05, 3.63) is 53.7 Å². The third kappa shape index (κ3) is 3.57. The summed E-state index contributed by atoms with van der Waals surface area (Å²) in [7, 11) is 0. The van der Waals surface area contributed by atoms with Crippen LogP contribution in [0, 0.1) is 0 Å². The van der Waals surface area contributed by atoms with Gasteiger partial charge in [-0.3, -0.25) is 10.1 Å². The number of pyridine rings is 1. The van der Waals surface area contributed by atoms with E-state index < -0.39 is 0 Å². The highest BCUT2D eigenvalue weighted by molar-refractivity contribution is 7.13. The number of nitrogens with one attached hydrogen (secondary N) is 3. The molecular weight excluding hydrogens is 386 g/mol. The molecule has 29 heavy (non-hydrogen) atoms. The number of aromatic amines is 1. The van der Waals surface area contributed by atoms with Gasteiger partial charge in [0, 0.05) is 49.5 Å². The van der Waals surface area contributed by atoms with E-state index >= 15 is 0 Å². The van der Waals surface area contributed by atoms with E-state index in [2.05, 4.69) is 35.5 Å². The summed E-state index contributed by atoms with van der Waals surface area (Å²) < 4.78 is 0. The summed E-state index contributed by atoms with van der Waals surface area (Å²) in [5, 5.41) is 8.54. The van der Waals surface area contributed by atoms with Crippen molar-refractivity contribution in [3.63, 3.8) is 0 Å². The Morgan fingerprint density at radius 2 is 2.03 bits per heavy atom. The lowest BCUT2D eigenvalue weighted by Gasteiger charge is -2.28. The Morgan fingerprint density at radius 1 is 1.14 bits per heavy atom. The van der Waals surface area contributed by atoms with Crippen LogP contribution in [-0.4, -0.2) is 52.0 Å². The zero-order valence-electron chi connectivity index (χ0n) is 15.6. The van der Waals surface area contributed by atoms with Crippen LogP contribution in [0.4, 0.5) is 10.9 Å². The predicted octanol–water partition coefficient (Wildman–Crippen LogP) is 2.74. The average molecular weight is 405 g/mol. The lowest BCUT2D eigenvalue weighted by atomic mass is 10.2. The van der Waals surface area contributed by atoms with Crippen molar-refractivity contribution in [2.24, 2.45) is 0 Å². The number of hydrogen-bond acceptors (Lipinski definition) is 7. The number of fused-ring (bicyclic) bond motifs is 1. The lowest BCUT2D eigenvalue weighted by Crippen LogP contribution is -2.43. The van der Waals surface area contributed by atoms with E-state index in [1.807, 2.05) is 35.8 Å². The molecule has 4 heterocycles. The minimum atomic E-state index is -0.226. The molecular formula is C20H19N7OS. The number of aromatic nitrogens is 4. The van der Waals surface area contributed by atoms with Gasteiger partial charge in [0.1, 0.15) is 17.2 Å². The molecule has 0 bridgehead atoms. The number of carbonyl (C=O) groups is 1. The van der Waals surface area contributed by atoms with Crippen molar-refractivity contribution in [1.29, 1.82) is 0 Å². The van der Waals surface area contributed by atoms with Gasteiger partial charge in [-0.05, 0) is 24.3 Å². The minimum absolute atomic E-state index is 0.226. The number of nitrogens with zero attached hydrogens (tertiary/aromatic N) is 4. The number of anilines is 2. The van der Waals surface area contributed by atoms with E-state index in [0.29, 0.717) is 22.0 Å². The fraction of sp³-hybridized carbons (Fsp3) is 0.200. The van der Waals surface area contributed by atoms with Crippen molar-refractivity contribution < 1.29 is 4.79 Å². The molecule has 5 rings (SSSR count). The first-order valence-electron chi connectivity index (χ1n) is 9.39. The van der Waals surface area contributed by atoms with E-state index in [-0.39, 0.29) is 5.91 Å². The van der Waals surface area contributed by atoms with Crippen LogP contribution in [0.5, 0.6) is 0 Å². The molecule has 3 aromatic heterocycles. The standard InChI is InChI=1S/C20H19N7OS/c28-19(26-20-22-8-11-29-20)14-2-1-3-15-17(14)25-18(24-15)13-4-5-16(23-12-13)27-9-6-21-7-10-27/h1-5,8,11-12,21H,6-7,9-10H2,(H,24,25)(H,22,26,28). The van der Waals surface area contributed by atoms with Gasteiger partial charge in [-0.2, -0.15) is 0 Å². The molecule has 0 atom stereocenters. The summed E-state index contributed by atoms with van der Waals surface area (Å²) in [6, 6.07) is 9.55. The highest BCUT2D eigenvalue weighted by Gasteiger charge is 2.16. The summed E-state index contributed by atoms with van der Waals surface area (Å²) in [6.07, 6.45) is 3.48. The number of rotatable bonds is 4. The summed E-state index contributed by atoms with van der Waals surface area (Å²) >= 11 is 1.38. The van der Waals surface area contributed by atoms with Gasteiger partial charge in [-0.15, -0.1) is 11.3 Å². The van der Waals surface area contributed by atoms with Gasteiger partial charge in [0.05, 0.1) is 11.1 Å². The molecule has 0 saturated carbocycles. The summed E-state index contributed by atoms with van der Waals surface area (Å²) in [5.41, 5.74) is 2.82. The molecule has 1 saturated heterocycles. The fourth-order valence-corrected chi connectivity index (χ4v) is 3.93. The van der Waals surface area contributed by atoms with Gasteiger partial charge in [-0.25, -0.2) is 15.0 Å². The van der Waals surface area contributed by atoms with Gasteiger partial charge < -0.3 is 15.2 Å². The van der Waals surface area contributed by atoms with Gasteiger partial charge in [0.25, 0.3) is 5.91 Å². The number of para-hydroxylation sites is 1. The van der Waals surface area contributed by atoms with Gasteiger partial charge in [-0.1, -0.05) is 6.07 Å². The van der Waals surface area contributed by atoms with Gasteiger partial charge >= 0.3 is 0 Å². The molecule has 1 aliphatic rings. The number of thiazole rings is 1. The second-order valence-electron chi connectivity index (χ2n) is 6.72. The molecule has 1 fully saturated rings. The van der Waals surface area contributed by atoms with Crippen molar-refractivity contribution in [3.8, 4) is 11.4 Å². The third-order valence-corrected chi connectivity index (χ3v) is 5.56. The zero-order chi connectivity index (χ0) is 19.6. The highest BCUT2D eigenvalue weighted by atomic mass is 32.1. The molecule has 3 N–H and O–H groups in total. The summed E-state index contributed by atoms with van der Waals surface area (Å²) in [6.45, 7) is 3.85. The molecule has 146 valence electrons. The fourth-order valence-electron chi connectivity index (χ4n) is 3.41. The van der Waals surface area contributed by atoms with Crippen LogP contribution in [0.1, 0.15) is 10.4 Å². The Bertz CT molecular complexity index is 1130. The van der Waals surface area contributed by atoms with Crippen LogP contribution in [0.3, 0.4) is 0 Å². The maximum Gasteiger partial charge on any atom is 0.259 e. The van der Waals surface area contributed by atoms with Crippen LogP contribution in [0.25, 0.3) is 22.4 Å². The molecule has 8 nitrogen and oxygen atoms in total. The van der Waals surface area contributed by atoms with E-state index in [4.69, 9.17) is 0 Å². The Balaban J connectivity index is 1.43. The predicted molar refractivity (Wildman–Crippen MR) is 114 cm³/mol. The molecule has 0 spiro atoms. The first-order chi connectivity index (χ1) is 14.3. The highest BCUT2D eigenvalue weighted by Crippen LogP contribution is 2.25. The molecule has 0 radical (unpaired) electrons. The zero-order valence-corrected chi connectivity index (χ0v) is 16.4. The van der Waals surface area contributed by atoms with E-state index in [0.717, 1.165) is 43.1 Å². The van der Waals surface area contributed by atoms with Crippen LogP contribution in [0.15, 0.2) is 48.1 Å². The monoisotopic (exact) mass is 405 g/mol. The Labute approximate surface area is 171 Å². The largest absolute Gasteiger partial charge is 0.354 e. The van der Waals surface area contributed by atoms with Gasteiger partial charge in [0.2, 0.25) is 0 Å². The maximum atomic E-state index is 12.7. The molecule has 0 unspecified atom stereocenters. The van der Waals surface area contributed by atoms with Crippen molar-refractivity contribution in [2.75, 3.05) is 36.4 Å². The number of amides is 1.